The van der Waals surface area contributed by atoms with Crippen LogP contribution in [-0.4, -0.2) is 37.0 Å². The van der Waals surface area contributed by atoms with Gasteiger partial charge in [-0.25, -0.2) is 13.4 Å². The molecule has 3 rings (SSSR count). The van der Waals surface area contributed by atoms with Crippen molar-refractivity contribution in [1.82, 2.24) is 9.29 Å². The van der Waals surface area contributed by atoms with Crippen LogP contribution in [0.2, 0.25) is 0 Å². The second-order valence-electron chi connectivity index (χ2n) is 7.04. The van der Waals surface area contributed by atoms with E-state index in [1.807, 2.05) is 12.1 Å². The number of hydrogen-bond donors (Lipinski definition) is 1. The minimum absolute atomic E-state index is 0.225. The number of anilines is 1. The molecule has 0 spiro atoms. The van der Waals surface area contributed by atoms with Gasteiger partial charge in [0.05, 0.1) is 6.21 Å². The fourth-order valence-electron chi connectivity index (χ4n) is 2.99. The van der Waals surface area contributed by atoms with E-state index in [1.54, 1.807) is 22.7 Å². The number of hydrazone groups is 1. The molecule has 0 unspecified atom stereocenters. The lowest BCUT2D eigenvalue weighted by Gasteiger charge is -2.25. The maximum Gasteiger partial charge on any atom is 0.244 e. The van der Waals surface area contributed by atoms with Crippen molar-refractivity contribution < 1.29 is 8.42 Å². The van der Waals surface area contributed by atoms with E-state index in [0.717, 1.165) is 24.8 Å². The van der Waals surface area contributed by atoms with Crippen molar-refractivity contribution in [2.75, 3.05) is 18.5 Å². The smallest absolute Gasteiger partial charge is 0.244 e. The molecule has 1 aliphatic rings. The summed E-state index contributed by atoms with van der Waals surface area (Å²) in [6.45, 7) is 5.49. The van der Waals surface area contributed by atoms with Crippen molar-refractivity contribution in [3.8, 4) is 0 Å². The van der Waals surface area contributed by atoms with E-state index in [2.05, 4.69) is 41.5 Å². The predicted octanol–water partition coefficient (Wildman–Crippen LogP) is 3.83. The fourth-order valence-corrected chi connectivity index (χ4v) is 4.46. The molecule has 0 radical (unpaired) electrons. The third kappa shape index (κ3) is 4.93. The summed E-state index contributed by atoms with van der Waals surface area (Å²) in [7, 11) is -3.45. The van der Waals surface area contributed by atoms with Crippen LogP contribution in [0.15, 0.2) is 52.6 Å². The summed E-state index contributed by atoms with van der Waals surface area (Å²) in [6, 6.07) is 11.4. The van der Waals surface area contributed by atoms with Gasteiger partial charge in [0.1, 0.15) is 10.7 Å². The Morgan fingerprint density at radius 2 is 1.78 bits per heavy atom. The van der Waals surface area contributed by atoms with Gasteiger partial charge in [-0.05, 0) is 42.0 Å². The highest BCUT2D eigenvalue weighted by Crippen LogP contribution is 2.20. The maximum absolute atomic E-state index is 12.6. The number of rotatable bonds is 6. The molecule has 1 aromatic carbocycles. The summed E-state index contributed by atoms with van der Waals surface area (Å²) in [6.07, 6.45) is 6.02. The highest BCUT2D eigenvalue weighted by molar-refractivity contribution is 7.89. The lowest BCUT2D eigenvalue weighted by atomic mass is 10.0. The zero-order valence-corrected chi connectivity index (χ0v) is 16.6. The monoisotopic (exact) mass is 386 g/mol. The Hall–Kier alpha value is -2.25. The zero-order chi connectivity index (χ0) is 19.3. The van der Waals surface area contributed by atoms with Crippen LogP contribution in [0.25, 0.3) is 0 Å². The van der Waals surface area contributed by atoms with Crippen LogP contribution in [0.4, 0.5) is 5.82 Å². The van der Waals surface area contributed by atoms with Gasteiger partial charge in [-0.2, -0.15) is 9.41 Å². The second kappa shape index (κ2) is 8.63. The van der Waals surface area contributed by atoms with Crippen molar-refractivity contribution in [3.63, 3.8) is 0 Å². The van der Waals surface area contributed by atoms with Gasteiger partial charge in [0.25, 0.3) is 0 Å². The van der Waals surface area contributed by atoms with E-state index in [0.29, 0.717) is 24.8 Å². The summed E-state index contributed by atoms with van der Waals surface area (Å²) >= 11 is 0. The van der Waals surface area contributed by atoms with Crippen LogP contribution in [-0.2, 0) is 10.0 Å². The molecule has 1 fully saturated rings. The van der Waals surface area contributed by atoms with Gasteiger partial charge in [0.2, 0.25) is 10.0 Å². The highest BCUT2D eigenvalue weighted by Gasteiger charge is 2.26. The Morgan fingerprint density at radius 3 is 2.37 bits per heavy atom. The number of pyridine rings is 1. The van der Waals surface area contributed by atoms with Crippen molar-refractivity contribution in [1.29, 1.82) is 0 Å². The van der Waals surface area contributed by atoms with E-state index in [-0.39, 0.29) is 4.90 Å². The second-order valence-corrected chi connectivity index (χ2v) is 8.97. The molecular formula is C20H26N4O2S. The number of benzene rings is 1. The third-order valence-electron chi connectivity index (χ3n) is 4.69. The molecule has 6 nitrogen and oxygen atoms in total. The van der Waals surface area contributed by atoms with Gasteiger partial charge in [-0.3, -0.25) is 5.43 Å². The fraction of sp³-hybridized carbons (Fsp3) is 0.400. The molecule has 0 bridgehead atoms. The Kier molecular flexibility index (Phi) is 6.23. The topological polar surface area (TPSA) is 74.7 Å². The number of hydrogen-bond acceptors (Lipinski definition) is 5. The quantitative estimate of drug-likeness (QED) is 0.605. The first-order valence-corrected chi connectivity index (χ1v) is 10.8. The molecule has 27 heavy (non-hydrogen) atoms. The zero-order valence-electron chi connectivity index (χ0n) is 15.8. The van der Waals surface area contributed by atoms with E-state index >= 15 is 0 Å². The van der Waals surface area contributed by atoms with Gasteiger partial charge >= 0.3 is 0 Å². The summed E-state index contributed by atoms with van der Waals surface area (Å²) in [5, 5.41) is 4.17. The van der Waals surface area contributed by atoms with Crippen LogP contribution in [0.3, 0.4) is 0 Å². The molecule has 144 valence electrons. The number of piperidine rings is 1. The SMILES string of the molecule is CC(C)c1ccc(/C=N/Nc2ccc(S(=O)(=O)N3CCCCC3)cn2)cc1. The first-order chi connectivity index (χ1) is 13.0. The maximum atomic E-state index is 12.6. The van der Waals surface area contributed by atoms with E-state index in [1.165, 1.54) is 11.8 Å². The number of nitrogens with one attached hydrogen (secondary N) is 1. The normalized spacial score (nSPS) is 16.1. The largest absolute Gasteiger partial charge is 0.261 e. The lowest BCUT2D eigenvalue weighted by molar-refractivity contribution is 0.346. The molecule has 1 N–H and O–H groups in total. The first kappa shape index (κ1) is 19.5. The number of aromatic nitrogens is 1. The summed E-state index contributed by atoms with van der Waals surface area (Å²) in [5.41, 5.74) is 5.11. The molecule has 0 aliphatic carbocycles. The van der Waals surface area contributed by atoms with Crippen LogP contribution >= 0.6 is 0 Å². The van der Waals surface area contributed by atoms with E-state index in [9.17, 15) is 8.42 Å². The lowest BCUT2D eigenvalue weighted by Crippen LogP contribution is -2.35. The minimum atomic E-state index is -3.45. The first-order valence-electron chi connectivity index (χ1n) is 9.32. The molecule has 1 saturated heterocycles. The Bertz CT molecular complexity index is 869. The van der Waals surface area contributed by atoms with Gasteiger partial charge in [-0.1, -0.05) is 44.5 Å². The molecule has 0 amide bonds. The standard InChI is InChI=1S/C20H26N4O2S/c1-16(2)18-8-6-17(7-9-18)14-22-23-20-11-10-19(15-21-20)27(25,26)24-12-4-3-5-13-24/h6-11,14-16H,3-5,12-13H2,1-2H3,(H,21,23)/b22-14+. The average Bonchev–Trinajstić information content (AvgIpc) is 2.69. The molecule has 1 aromatic heterocycles. The molecule has 1 aliphatic heterocycles. The number of nitrogens with zero attached hydrogens (tertiary/aromatic N) is 3. The van der Waals surface area contributed by atoms with Crippen LogP contribution in [0, 0.1) is 0 Å². The number of sulfonamides is 1. The molecule has 0 saturated carbocycles. The van der Waals surface area contributed by atoms with Crippen LogP contribution < -0.4 is 5.43 Å². The minimum Gasteiger partial charge on any atom is -0.261 e. The van der Waals surface area contributed by atoms with Gasteiger partial charge in [-0.15, -0.1) is 0 Å². The predicted molar refractivity (Wildman–Crippen MR) is 109 cm³/mol. The molecule has 2 aromatic rings. The van der Waals surface area contributed by atoms with E-state index in [4.69, 9.17) is 0 Å². The molecule has 0 atom stereocenters. The Labute approximate surface area is 161 Å². The van der Waals surface area contributed by atoms with Gasteiger partial charge < -0.3 is 0 Å². The van der Waals surface area contributed by atoms with Crippen molar-refractivity contribution in [2.24, 2.45) is 5.10 Å². The Balaban J connectivity index is 1.62. The average molecular weight is 387 g/mol. The van der Waals surface area contributed by atoms with Crippen molar-refractivity contribution >= 4 is 22.1 Å². The van der Waals surface area contributed by atoms with Crippen LogP contribution in [0.5, 0.6) is 0 Å². The third-order valence-corrected chi connectivity index (χ3v) is 6.57. The highest BCUT2D eigenvalue weighted by atomic mass is 32.2. The van der Waals surface area contributed by atoms with Gasteiger partial charge in [0, 0.05) is 19.3 Å². The molecular weight excluding hydrogens is 360 g/mol. The molecule has 7 heteroatoms. The molecule has 2 heterocycles. The summed E-state index contributed by atoms with van der Waals surface area (Å²) < 4.78 is 26.8. The summed E-state index contributed by atoms with van der Waals surface area (Å²) in [4.78, 5) is 4.40. The van der Waals surface area contributed by atoms with Crippen LogP contribution in [0.1, 0.15) is 50.2 Å². The van der Waals surface area contributed by atoms with E-state index < -0.39 is 10.0 Å². The van der Waals surface area contributed by atoms with Gasteiger partial charge in [0.15, 0.2) is 0 Å². The van der Waals surface area contributed by atoms with Crippen molar-refractivity contribution in [3.05, 3.63) is 53.7 Å². The Morgan fingerprint density at radius 1 is 1.07 bits per heavy atom. The van der Waals surface area contributed by atoms with Crippen molar-refractivity contribution in [2.45, 2.75) is 43.9 Å². The summed E-state index contributed by atoms with van der Waals surface area (Å²) in [5.74, 6) is 1.00.